The number of likely N-dealkylation sites (tertiary alicyclic amines) is 1. The second-order valence-corrected chi connectivity index (χ2v) is 9.97. The van der Waals surface area contributed by atoms with Crippen LogP contribution < -0.4 is 10.1 Å². The van der Waals surface area contributed by atoms with Crippen molar-refractivity contribution in [3.8, 4) is 5.75 Å². The zero-order valence-electron chi connectivity index (χ0n) is 21.2. The van der Waals surface area contributed by atoms with Crippen molar-refractivity contribution in [3.63, 3.8) is 0 Å². The van der Waals surface area contributed by atoms with Crippen LogP contribution in [0.15, 0.2) is 42.6 Å². The topological polar surface area (TPSA) is 76.0 Å². The van der Waals surface area contributed by atoms with Crippen molar-refractivity contribution in [1.82, 2.24) is 19.7 Å². The summed E-state index contributed by atoms with van der Waals surface area (Å²) in [5.41, 5.74) is 1.21. The number of nitrogens with zero attached hydrogens (tertiary/aromatic N) is 3. The Balaban J connectivity index is 1.61. The lowest BCUT2D eigenvalue weighted by molar-refractivity contribution is 0.0187. The third kappa shape index (κ3) is 6.53. The summed E-state index contributed by atoms with van der Waals surface area (Å²) in [6, 6.07) is 11.8. The highest BCUT2D eigenvalue weighted by Gasteiger charge is 2.29. The van der Waals surface area contributed by atoms with Crippen LogP contribution in [-0.4, -0.2) is 72.8 Å². The lowest BCUT2D eigenvalue weighted by Crippen LogP contribution is -2.42. The van der Waals surface area contributed by atoms with E-state index in [1.54, 1.807) is 12.0 Å². The van der Waals surface area contributed by atoms with E-state index >= 15 is 0 Å². The molecule has 1 N–H and O–H groups in total. The van der Waals surface area contributed by atoms with Crippen LogP contribution >= 0.6 is 0 Å². The maximum atomic E-state index is 13.1. The van der Waals surface area contributed by atoms with E-state index in [0.717, 1.165) is 24.2 Å². The van der Waals surface area contributed by atoms with Crippen LogP contribution in [0.2, 0.25) is 0 Å². The number of hydrogen-bond donors (Lipinski definition) is 1. The van der Waals surface area contributed by atoms with Gasteiger partial charge in [0.25, 0.3) is 5.91 Å². The molecular weight excluding hydrogens is 432 g/mol. The fourth-order valence-electron chi connectivity index (χ4n) is 4.28. The predicted molar refractivity (Wildman–Crippen MR) is 132 cm³/mol. The van der Waals surface area contributed by atoms with Gasteiger partial charge in [0.2, 0.25) is 0 Å². The lowest BCUT2D eigenvalue weighted by Gasteiger charge is -2.34. The minimum atomic E-state index is -0.505. The molecule has 34 heavy (non-hydrogen) atoms. The third-order valence-electron chi connectivity index (χ3n) is 6.08. The number of methoxy groups -OCH3 is 1. The molecule has 0 bridgehead atoms. The van der Waals surface area contributed by atoms with Gasteiger partial charge in [0.1, 0.15) is 17.0 Å². The normalized spacial score (nSPS) is 15.8. The molecule has 2 heterocycles. The van der Waals surface area contributed by atoms with Crippen LogP contribution in [-0.2, 0) is 4.74 Å². The monoisotopic (exact) mass is 470 g/mol. The average molecular weight is 471 g/mol. The standard InChI is InChI=1S/C26H38N4O4/c1-26(2,3)34-25(32)29-15-12-20(13-16-29)30-14-8-11-22(30)24(31)27-18-23(28(4)5)19-9-7-10-21(17-19)33-6/h7-11,14,17,20,23H,12-13,15-16,18H2,1-6H3,(H,27,31). The first-order chi connectivity index (χ1) is 16.1. The minimum absolute atomic E-state index is 0.0135. The molecule has 8 heteroatoms. The molecule has 1 fully saturated rings. The molecule has 1 aromatic carbocycles. The van der Waals surface area contributed by atoms with Gasteiger partial charge < -0.3 is 29.2 Å². The number of likely N-dealkylation sites (N-methyl/N-ethyl adjacent to an activating group) is 1. The van der Waals surface area contributed by atoms with Crippen LogP contribution in [0.1, 0.15) is 61.7 Å². The second-order valence-electron chi connectivity index (χ2n) is 9.97. The summed E-state index contributed by atoms with van der Waals surface area (Å²) in [5, 5.41) is 3.11. The maximum absolute atomic E-state index is 13.1. The highest BCUT2D eigenvalue weighted by atomic mass is 16.6. The molecule has 1 aliphatic heterocycles. The summed E-state index contributed by atoms with van der Waals surface area (Å²) in [6.45, 7) is 7.31. The van der Waals surface area contributed by atoms with Crippen molar-refractivity contribution >= 4 is 12.0 Å². The first kappa shape index (κ1) is 25.6. The second kappa shape index (κ2) is 11.0. The SMILES string of the molecule is COc1cccc(C(CNC(=O)c2cccn2C2CCN(C(=O)OC(C)(C)C)CC2)N(C)C)c1. The zero-order valence-corrected chi connectivity index (χ0v) is 21.2. The van der Waals surface area contributed by atoms with E-state index in [9.17, 15) is 9.59 Å². The van der Waals surface area contributed by atoms with Crippen molar-refractivity contribution in [2.45, 2.75) is 51.3 Å². The van der Waals surface area contributed by atoms with E-state index in [2.05, 4.69) is 10.2 Å². The molecule has 2 amide bonds. The van der Waals surface area contributed by atoms with Gasteiger partial charge in [-0.3, -0.25) is 4.79 Å². The van der Waals surface area contributed by atoms with Gasteiger partial charge in [-0.25, -0.2) is 4.79 Å². The van der Waals surface area contributed by atoms with Crippen molar-refractivity contribution in [2.75, 3.05) is 40.8 Å². The first-order valence-electron chi connectivity index (χ1n) is 11.8. The molecule has 0 spiro atoms. The molecule has 1 atom stereocenters. The van der Waals surface area contributed by atoms with Gasteiger partial charge in [-0.05, 0) is 77.5 Å². The maximum Gasteiger partial charge on any atom is 0.410 e. The molecule has 1 aliphatic rings. The van der Waals surface area contributed by atoms with Crippen LogP contribution in [0.4, 0.5) is 4.79 Å². The van der Waals surface area contributed by atoms with Crippen molar-refractivity contribution < 1.29 is 19.1 Å². The third-order valence-corrected chi connectivity index (χ3v) is 6.08. The van der Waals surface area contributed by atoms with Crippen LogP contribution in [0.25, 0.3) is 0 Å². The van der Waals surface area contributed by atoms with Crippen LogP contribution in [0, 0.1) is 0 Å². The van der Waals surface area contributed by atoms with E-state index in [4.69, 9.17) is 9.47 Å². The number of piperidine rings is 1. The number of carbonyl (C=O) groups excluding carboxylic acids is 2. The van der Waals surface area contributed by atoms with Gasteiger partial charge in [0.15, 0.2) is 0 Å². The lowest BCUT2D eigenvalue weighted by atomic mass is 10.0. The van der Waals surface area contributed by atoms with Gasteiger partial charge in [-0.15, -0.1) is 0 Å². The smallest absolute Gasteiger partial charge is 0.410 e. The van der Waals surface area contributed by atoms with Crippen molar-refractivity contribution in [2.24, 2.45) is 0 Å². The fraction of sp³-hybridized carbons (Fsp3) is 0.538. The molecule has 0 aliphatic carbocycles. The Kier molecular flexibility index (Phi) is 8.25. The number of benzene rings is 1. The molecule has 2 aromatic rings. The van der Waals surface area contributed by atoms with E-state index < -0.39 is 5.60 Å². The number of aromatic nitrogens is 1. The number of carbonyl (C=O) groups is 2. The van der Waals surface area contributed by atoms with Gasteiger partial charge >= 0.3 is 6.09 Å². The summed E-state index contributed by atoms with van der Waals surface area (Å²) >= 11 is 0. The molecule has 1 saturated heterocycles. The van der Waals surface area contributed by atoms with Crippen molar-refractivity contribution in [1.29, 1.82) is 0 Å². The van der Waals surface area contributed by atoms with Crippen LogP contribution in [0.3, 0.4) is 0 Å². The molecular formula is C26H38N4O4. The van der Waals surface area contributed by atoms with Crippen LogP contribution in [0.5, 0.6) is 5.75 Å². The molecule has 0 saturated carbocycles. The van der Waals surface area contributed by atoms with Gasteiger partial charge in [0, 0.05) is 31.9 Å². The van der Waals surface area contributed by atoms with Gasteiger partial charge in [0.05, 0.1) is 13.2 Å². The van der Waals surface area contributed by atoms with E-state index in [1.807, 2.05) is 82.0 Å². The summed E-state index contributed by atoms with van der Waals surface area (Å²) in [5.74, 6) is 0.691. The summed E-state index contributed by atoms with van der Waals surface area (Å²) < 4.78 is 12.9. The molecule has 1 aromatic heterocycles. The predicted octanol–water partition coefficient (Wildman–Crippen LogP) is 4.10. The Morgan fingerprint density at radius 2 is 1.85 bits per heavy atom. The Bertz CT molecular complexity index is 971. The Morgan fingerprint density at radius 1 is 1.15 bits per heavy atom. The molecule has 3 rings (SSSR count). The van der Waals surface area contributed by atoms with Gasteiger partial charge in [-0.1, -0.05) is 12.1 Å². The van der Waals surface area contributed by atoms with Crippen molar-refractivity contribution in [3.05, 3.63) is 53.9 Å². The largest absolute Gasteiger partial charge is 0.497 e. The van der Waals surface area contributed by atoms with E-state index in [1.165, 1.54) is 0 Å². The quantitative estimate of drug-likeness (QED) is 0.659. The molecule has 186 valence electrons. The highest BCUT2D eigenvalue weighted by Crippen LogP contribution is 2.26. The first-order valence-corrected chi connectivity index (χ1v) is 11.8. The highest BCUT2D eigenvalue weighted by molar-refractivity contribution is 5.92. The number of nitrogens with one attached hydrogen (secondary N) is 1. The van der Waals surface area contributed by atoms with E-state index in [0.29, 0.717) is 25.3 Å². The number of ether oxygens (including phenoxy) is 2. The molecule has 8 nitrogen and oxygen atoms in total. The zero-order chi connectivity index (χ0) is 24.9. The number of rotatable bonds is 7. The summed E-state index contributed by atoms with van der Waals surface area (Å²) in [6.07, 6.45) is 3.23. The Hall–Kier alpha value is -3.00. The fourth-order valence-corrected chi connectivity index (χ4v) is 4.28. The number of hydrogen-bond acceptors (Lipinski definition) is 5. The summed E-state index contributed by atoms with van der Waals surface area (Å²) in [7, 11) is 5.65. The molecule has 0 radical (unpaired) electrons. The Morgan fingerprint density at radius 3 is 2.47 bits per heavy atom. The number of amides is 2. The minimum Gasteiger partial charge on any atom is -0.497 e. The van der Waals surface area contributed by atoms with E-state index in [-0.39, 0.29) is 24.1 Å². The Labute approximate surface area is 202 Å². The molecule has 1 unspecified atom stereocenters. The average Bonchev–Trinajstić information content (AvgIpc) is 3.28. The summed E-state index contributed by atoms with van der Waals surface area (Å²) in [4.78, 5) is 29.3. The van der Waals surface area contributed by atoms with Gasteiger partial charge in [-0.2, -0.15) is 0 Å².